The number of imidazole rings is 2. The maximum Gasteiger partial charge on any atom is 0.328 e. The van der Waals surface area contributed by atoms with Crippen molar-refractivity contribution >= 4 is 28.0 Å². The van der Waals surface area contributed by atoms with E-state index in [1.165, 1.54) is 12.1 Å². The number of aliphatic hydroxyl groups is 1. The van der Waals surface area contributed by atoms with E-state index in [1.54, 1.807) is 21.5 Å². The van der Waals surface area contributed by atoms with Gasteiger partial charge in [-0.05, 0) is 25.0 Å². The fraction of sp³-hybridized carbons (Fsp3) is 0.400. The predicted molar refractivity (Wildman–Crippen MR) is 110 cm³/mol. The van der Waals surface area contributed by atoms with E-state index in [1.807, 2.05) is 4.90 Å². The van der Waals surface area contributed by atoms with E-state index in [0.717, 1.165) is 0 Å². The van der Waals surface area contributed by atoms with Gasteiger partial charge in [-0.15, -0.1) is 0 Å². The highest BCUT2D eigenvalue weighted by atomic mass is 19.1. The van der Waals surface area contributed by atoms with Crippen molar-refractivity contribution in [2.45, 2.75) is 25.0 Å². The summed E-state index contributed by atoms with van der Waals surface area (Å²) in [5, 5.41) is 9.81. The molecule has 5 heterocycles. The highest BCUT2D eigenvalue weighted by molar-refractivity contribution is 5.85. The van der Waals surface area contributed by atoms with Crippen molar-refractivity contribution < 1.29 is 14.2 Å². The highest BCUT2D eigenvalue weighted by Gasteiger charge is 2.31. The van der Waals surface area contributed by atoms with E-state index in [4.69, 9.17) is 9.72 Å². The summed E-state index contributed by atoms with van der Waals surface area (Å²) in [5.74, 6) is 0.436. The number of aromatic amines is 1. The number of hydrogen-bond acceptors (Lipinski definition) is 7. The lowest BCUT2D eigenvalue weighted by Gasteiger charge is -2.37. The smallest absolute Gasteiger partial charge is 0.328 e. The largest absolute Gasteiger partial charge is 0.389 e. The van der Waals surface area contributed by atoms with Gasteiger partial charge in [-0.2, -0.15) is 9.97 Å². The van der Waals surface area contributed by atoms with Crippen molar-refractivity contribution in [3.05, 3.63) is 40.8 Å². The van der Waals surface area contributed by atoms with Gasteiger partial charge in [-0.25, -0.2) is 14.2 Å². The third-order valence-electron chi connectivity index (χ3n) is 5.98. The van der Waals surface area contributed by atoms with E-state index >= 15 is 0 Å². The molecule has 11 heteroatoms. The standard InChI is InChI=1S/C20H20FN7O3/c21-11-1-2-14-15(7-11)27(10-22-14)19-24-17(26-8-13(29)9-26)16-18(25-19)28(20(30)23-16)12-3-5-31-6-4-12/h1-2,7,10,12-13,29H,3-6,8-9H2,(H,23,30). The van der Waals surface area contributed by atoms with Gasteiger partial charge in [0.05, 0.1) is 17.1 Å². The molecule has 2 fully saturated rings. The minimum absolute atomic E-state index is 0.0374. The fourth-order valence-electron chi connectivity index (χ4n) is 4.36. The van der Waals surface area contributed by atoms with Crippen LogP contribution < -0.4 is 10.6 Å². The number of aromatic nitrogens is 6. The molecule has 4 aromatic rings. The second-order valence-electron chi connectivity index (χ2n) is 8.00. The van der Waals surface area contributed by atoms with Crippen LogP contribution in [-0.4, -0.2) is 66.6 Å². The summed E-state index contributed by atoms with van der Waals surface area (Å²) in [7, 11) is 0. The lowest BCUT2D eigenvalue weighted by Crippen LogP contribution is -2.51. The molecule has 0 unspecified atom stereocenters. The third-order valence-corrected chi connectivity index (χ3v) is 5.98. The van der Waals surface area contributed by atoms with E-state index in [0.29, 0.717) is 67.2 Å². The maximum absolute atomic E-state index is 13.9. The number of fused-ring (bicyclic) bond motifs is 2. The molecule has 2 aliphatic heterocycles. The molecule has 0 atom stereocenters. The molecule has 0 aliphatic carbocycles. The number of aliphatic hydroxyl groups excluding tert-OH is 1. The first-order valence-corrected chi connectivity index (χ1v) is 10.2. The van der Waals surface area contributed by atoms with Gasteiger partial charge < -0.3 is 19.7 Å². The Morgan fingerprint density at radius 3 is 2.77 bits per heavy atom. The Morgan fingerprint density at radius 1 is 1.19 bits per heavy atom. The second-order valence-corrected chi connectivity index (χ2v) is 8.00. The molecule has 6 rings (SSSR count). The van der Waals surface area contributed by atoms with Crippen LogP contribution in [0.2, 0.25) is 0 Å². The minimum Gasteiger partial charge on any atom is -0.389 e. The average Bonchev–Trinajstić information content (AvgIpc) is 3.31. The van der Waals surface area contributed by atoms with Crippen molar-refractivity contribution in [3.63, 3.8) is 0 Å². The summed E-state index contributed by atoms with van der Waals surface area (Å²) in [4.78, 5) is 31.4. The molecule has 2 saturated heterocycles. The quantitative estimate of drug-likeness (QED) is 0.506. The summed E-state index contributed by atoms with van der Waals surface area (Å²) < 4.78 is 22.6. The number of nitrogens with one attached hydrogen (secondary N) is 1. The van der Waals surface area contributed by atoms with Crippen molar-refractivity contribution in [1.29, 1.82) is 0 Å². The van der Waals surface area contributed by atoms with Crippen molar-refractivity contribution in [3.8, 4) is 5.95 Å². The molecule has 10 nitrogen and oxygen atoms in total. The summed E-state index contributed by atoms with van der Waals surface area (Å²) in [6.07, 6.45) is 2.52. The number of benzene rings is 1. The van der Waals surface area contributed by atoms with E-state index in [2.05, 4.69) is 15.0 Å². The Morgan fingerprint density at radius 2 is 2.00 bits per heavy atom. The minimum atomic E-state index is -0.444. The molecule has 2 N–H and O–H groups in total. The van der Waals surface area contributed by atoms with E-state index < -0.39 is 6.10 Å². The third kappa shape index (κ3) is 2.92. The van der Waals surface area contributed by atoms with Gasteiger partial charge in [0, 0.05) is 38.4 Å². The summed E-state index contributed by atoms with van der Waals surface area (Å²) in [6.45, 7) is 1.99. The van der Waals surface area contributed by atoms with Crippen molar-refractivity contribution in [2.75, 3.05) is 31.2 Å². The molecule has 3 aromatic heterocycles. The number of rotatable bonds is 3. The first-order chi connectivity index (χ1) is 15.1. The number of nitrogens with zero attached hydrogens (tertiary/aromatic N) is 6. The lowest BCUT2D eigenvalue weighted by molar-refractivity contribution is 0.0697. The number of halogens is 1. The molecule has 0 amide bonds. The predicted octanol–water partition coefficient (Wildman–Crippen LogP) is 1.13. The van der Waals surface area contributed by atoms with Crippen molar-refractivity contribution in [1.82, 2.24) is 29.1 Å². The SMILES string of the molecule is O=c1[nH]c2c(N3CC(O)C3)nc(-n3cnc4ccc(F)cc43)nc2n1C1CCOCC1. The van der Waals surface area contributed by atoms with Gasteiger partial charge in [0.25, 0.3) is 0 Å². The summed E-state index contributed by atoms with van der Waals surface area (Å²) in [5.41, 5.74) is 1.91. The molecule has 160 valence electrons. The molecule has 0 bridgehead atoms. The first-order valence-electron chi connectivity index (χ1n) is 10.2. The monoisotopic (exact) mass is 425 g/mol. The van der Waals surface area contributed by atoms with Gasteiger partial charge in [-0.1, -0.05) is 0 Å². The molecular weight excluding hydrogens is 405 g/mol. The van der Waals surface area contributed by atoms with Gasteiger partial charge >= 0.3 is 5.69 Å². The van der Waals surface area contributed by atoms with Crippen LogP contribution in [0.15, 0.2) is 29.3 Å². The van der Waals surface area contributed by atoms with Crippen LogP contribution in [-0.2, 0) is 4.74 Å². The van der Waals surface area contributed by atoms with Crippen LogP contribution in [0.1, 0.15) is 18.9 Å². The Bertz CT molecular complexity index is 1350. The van der Waals surface area contributed by atoms with E-state index in [-0.39, 0.29) is 23.5 Å². The second kappa shape index (κ2) is 6.86. The molecular formula is C20H20FN7O3. The fourth-order valence-corrected chi connectivity index (χ4v) is 4.36. The number of β-amino-alcohol motifs (C(OH)–C–C–N with tert-alkyl or cyclic N) is 1. The molecule has 0 saturated carbocycles. The molecule has 31 heavy (non-hydrogen) atoms. The maximum atomic E-state index is 13.9. The van der Waals surface area contributed by atoms with Crippen LogP contribution in [0, 0.1) is 5.82 Å². The zero-order valence-corrected chi connectivity index (χ0v) is 16.5. The number of ether oxygens (including phenoxy) is 1. The van der Waals surface area contributed by atoms with Crippen LogP contribution in [0.3, 0.4) is 0 Å². The topological polar surface area (TPSA) is 114 Å². The van der Waals surface area contributed by atoms with Crippen LogP contribution in [0.25, 0.3) is 28.1 Å². The zero-order chi connectivity index (χ0) is 21.1. The Kier molecular flexibility index (Phi) is 4.08. The summed E-state index contributed by atoms with van der Waals surface area (Å²) in [6, 6.07) is 4.29. The van der Waals surface area contributed by atoms with E-state index in [9.17, 15) is 14.3 Å². The van der Waals surface area contributed by atoms with Gasteiger partial charge in [0.2, 0.25) is 5.95 Å². The number of anilines is 1. The highest BCUT2D eigenvalue weighted by Crippen LogP contribution is 2.30. The summed E-state index contributed by atoms with van der Waals surface area (Å²) >= 11 is 0. The van der Waals surface area contributed by atoms with Crippen LogP contribution in [0.4, 0.5) is 10.2 Å². The molecule has 0 radical (unpaired) electrons. The molecule has 0 spiro atoms. The molecule has 1 aromatic carbocycles. The van der Waals surface area contributed by atoms with Gasteiger partial charge in [0.1, 0.15) is 17.7 Å². The Balaban J connectivity index is 1.59. The lowest BCUT2D eigenvalue weighted by atomic mass is 10.1. The number of hydrogen-bond donors (Lipinski definition) is 2. The normalized spacial score (nSPS) is 18.2. The van der Waals surface area contributed by atoms with Gasteiger partial charge in [-0.3, -0.25) is 9.13 Å². The average molecular weight is 425 g/mol. The first kappa shape index (κ1) is 18.5. The van der Waals surface area contributed by atoms with Gasteiger partial charge in [0.15, 0.2) is 11.5 Å². The molecule has 2 aliphatic rings. The Hall–Kier alpha value is -3.31. The van der Waals surface area contributed by atoms with Crippen LogP contribution in [0.5, 0.6) is 0 Å². The number of H-pyrrole nitrogens is 1. The Labute approximate surface area is 174 Å². The van der Waals surface area contributed by atoms with Crippen molar-refractivity contribution in [2.24, 2.45) is 0 Å². The zero-order valence-electron chi connectivity index (χ0n) is 16.5. The van der Waals surface area contributed by atoms with Crippen LogP contribution >= 0.6 is 0 Å².